The third kappa shape index (κ3) is 2.50. The maximum atomic E-state index is 13.0. The van der Waals surface area contributed by atoms with Crippen molar-refractivity contribution in [2.75, 3.05) is 17.7 Å². The van der Waals surface area contributed by atoms with Gasteiger partial charge in [0.15, 0.2) is 0 Å². The van der Waals surface area contributed by atoms with E-state index in [0.29, 0.717) is 10.7 Å². The topological polar surface area (TPSA) is 29.3 Å². The Balaban J connectivity index is 2.36. The molecule has 0 spiro atoms. The second kappa shape index (κ2) is 4.63. The van der Waals surface area contributed by atoms with Crippen LogP contribution < -0.4 is 10.6 Å². The summed E-state index contributed by atoms with van der Waals surface area (Å²) in [6.45, 7) is 0. The first-order valence-electron chi connectivity index (χ1n) is 5.12. The fraction of sp³-hybridized carbons (Fsp3) is 0.0769. The van der Waals surface area contributed by atoms with Crippen LogP contribution in [-0.2, 0) is 0 Å². The van der Waals surface area contributed by atoms with Gasteiger partial charge in [-0.15, -0.1) is 0 Å². The Kier molecular flexibility index (Phi) is 3.20. The first-order valence-corrected chi connectivity index (χ1v) is 5.50. The molecule has 4 heteroatoms. The molecule has 17 heavy (non-hydrogen) atoms. The van der Waals surface area contributed by atoms with Crippen LogP contribution in [0.4, 0.5) is 21.5 Å². The van der Waals surface area contributed by atoms with Crippen molar-refractivity contribution < 1.29 is 4.39 Å². The average molecular weight is 251 g/mol. The van der Waals surface area contributed by atoms with E-state index in [9.17, 15) is 4.39 Å². The van der Waals surface area contributed by atoms with Gasteiger partial charge in [0.25, 0.3) is 0 Å². The molecule has 2 aromatic rings. The Morgan fingerprint density at radius 3 is 2.35 bits per heavy atom. The van der Waals surface area contributed by atoms with E-state index in [2.05, 4.69) is 0 Å². The quantitative estimate of drug-likeness (QED) is 0.821. The van der Waals surface area contributed by atoms with Crippen molar-refractivity contribution in [3.8, 4) is 0 Å². The van der Waals surface area contributed by atoms with Crippen molar-refractivity contribution in [3.05, 3.63) is 53.3 Å². The largest absolute Gasteiger partial charge is 0.397 e. The minimum absolute atomic E-state index is 0.337. The lowest BCUT2D eigenvalue weighted by Crippen LogP contribution is -2.11. The molecular weight excluding hydrogens is 239 g/mol. The first kappa shape index (κ1) is 11.7. The van der Waals surface area contributed by atoms with Gasteiger partial charge in [-0.1, -0.05) is 11.6 Å². The van der Waals surface area contributed by atoms with Crippen LogP contribution in [0.5, 0.6) is 0 Å². The van der Waals surface area contributed by atoms with Crippen molar-refractivity contribution in [1.29, 1.82) is 0 Å². The van der Waals surface area contributed by atoms with Gasteiger partial charge in [0.1, 0.15) is 5.82 Å². The zero-order valence-corrected chi connectivity index (χ0v) is 10.1. The third-order valence-electron chi connectivity index (χ3n) is 2.56. The first-order chi connectivity index (χ1) is 8.08. The summed E-state index contributed by atoms with van der Waals surface area (Å²) < 4.78 is 13.0. The van der Waals surface area contributed by atoms with Crippen LogP contribution >= 0.6 is 11.6 Å². The summed E-state index contributed by atoms with van der Waals surface area (Å²) >= 11 is 5.82. The second-order valence-electron chi connectivity index (χ2n) is 3.74. The highest BCUT2D eigenvalue weighted by Gasteiger charge is 2.08. The molecule has 0 unspecified atom stereocenters. The van der Waals surface area contributed by atoms with Gasteiger partial charge in [-0.25, -0.2) is 4.39 Å². The minimum Gasteiger partial charge on any atom is -0.397 e. The highest BCUT2D eigenvalue weighted by atomic mass is 35.5. The van der Waals surface area contributed by atoms with Crippen molar-refractivity contribution in [2.45, 2.75) is 0 Å². The van der Waals surface area contributed by atoms with E-state index in [1.807, 2.05) is 24.1 Å². The van der Waals surface area contributed by atoms with Crippen LogP contribution in [-0.4, -0.2) is 7.05 Å². The van der Waals surface area contributed by atoms with Gasteiger partial charge in [0, 0.05) is 17.8 Å². The van der Waals surface area contributed by atoms with Gasteiger partial charge in [0.2, 0.25) is 0 Å². The molecule has 0 fully saturated rings. The van der Waals surface area contributed by atoms with Gasteiger partial charge in [-0.2, -0.15) is 0 Å². The highest BCUT2D eigenvalue weighted by molar-refractivity contribution is 6.30. The summed E-state index contributed by atoms with van der Waals surface area (Å²) in [4.78, 5) is 1.88. The molecule has 0 aliphatic heterocycles. The van der Waals surface area contributed by atoms with Gasteiger partial charge >= 0.3 is 0 Å². The van der Waals surface area contributed by atoms with Crippen molar-refractivity contribution in [2.24, 2.45) is 0 Å². The molecule has 0 aliphatic carbocycles. The van der Waals surface area contributed by atoms with Crippen molar-refractivity contribution in [3.63, 3.8) is 0 Å². The summed E-state index contributed by atoms with van der Waals surface area (Å²) in [6.07, 6.45) is 0. The number of hydrogen-bond donors (Lipinski definition) is 1. The molecule has 0 atom stereocenters. The average Bonchev–Trinajstić information content (AvgIpc) is 2.29. The van der Waals surface area contributed by atoms with E-state index >= 15 is 0 Å². The molecule has 2 aromatic carbocycles. The number of nitrogens with two attached hydrogens (primary N) is 1. The Hall–Kier alpha value is -1.74. The summed E-state index contributed by atoms with van der Waals surface area (Å²) in [5, 5.41) is 0.675. The molecule has 0 bridgehead atoms. The molecule has 88 valence electrons. The van der Waals surface area contributed by atoms with Crippen molar-refractivity contribution in [1.82, 2.24) is 0 Å². The van der Waals surface area contributed by atoms with Crippen LogP contribution in [0, 0.1) is 5.82 Å². The summed E-state index contributed by atoms with van der Waals surface area (Å²) in [5.41, 5.74) is 7.88. The predicted octanol–water partition coefficient (Wildman–Crippen LogP) is 3.83. The number of anilines is 3. The highest BCUT2D eigenvalue weighted by Crippen LogP contribution is 2.29. The zero-order chi connectivity index (χ0) is 12.4. The summed E-state index contributed by atoms with van der Waals surface area (Å²) in [5.74, 6) is -0.337. The lowest BCUT2D eigenvalue weighted by Gasteiger charge is -2.21. The lowest BCUT2D eigenvalue weighted by atomic mass is 10.2. The SMILES string of the molecule is CN(c1ccc(Cl)cc1)c1ccc(F)cc1N. The molecule has 0 saturated carbocycles. The summed E-state index contributed by atoms with van der Waals surface area (Å²) in [7, 11) is 1.87. The predicted molar refractivity (Wildman–Crippen MR) is 70.3 cm³/mol. The van der Waals surface area contributed by atoms with Crippen LogP contribution in [0.15, 0.2) is 42.5 Å². The number of benzene rings is 2. The molecule has 0 aromatic heterocycles. The molecule has 0 heterocycles. The molecule has 0 radical (unpaired) electrons. The van der Waals surface area contributed by atoms with Gasteiger partial charge in [-0.3, -0.25) is 0 Å². The van der Waals surface area contributed by atoms with Crippen LogP contribution in [0.25, 0.3) is 0 Å². The van der Waals surface area contributed by atoms with Gasteiger partial charge in [0.05, 0.1) is 11.4 Å². The molecule has 2 rings (SSSR count). The number of hydrogen-bond acceptors (Lipinski definition) is 2. The van der Waals surface area contributed by atoms with E-state index < -0.39 is 0 Å². The molecule has 0 aliphatic rings. The third-order valence-corrected chi connectivity index (χ3v) is 2.82. The molecular formula is C13H12ClFN2. The van der Waals surface area contributed by atoms with Gasteiger partial charge in [-0.05, 0) is 42.5 Å². The molecule has 2 nitrogen and oxygen atoms in total. The maximum Gasteiger partial charge on any atom is 0.125 e. The number of rotatable bonds is 2. The number of halogens is 2. The Bertz CT molecular complexity index is 525. The van der Waals surface area contributed by atoms with E-state index in [0.717, 1.165) is 11.4 Å². The Morgan fingerprint density at radius 2 is 1.76 bits per heavy atom. The van der Waals surface area contributed by atoms with E-state index in [-0.39, 0.29) is 5.82 Å². The summed E-state index contributed by atoms with van der Waals surface area (Å²) in [6, 6.07) is 11.7. The Labute approximate surface area is 104 Å². The lowest BCUT2D eigenvalue weighted by molar-refractivity contribution is 0.628. The van der Waals surface area contributed by atoms with Crippen LogP contribution in [0.3, 0.4) is 0 Å². The zero-order valence-electron chi connectivity index (χ0n) is 9.32. The van der Waals surface area contributed by atoms with Crippen molar-refractivity contribution >= 4 is 28.7 Å². The number of nitrogen functional groups attached to an aromatic ring is 1. The normalized spacial score (nSPS) is 10.3. The standard InChI is InChI=1S/C13H12ClFN2/c1-17(11-5-2-9(14)3-6-11)13-7-4-10(15)8-12(13)16/h2-8H,16H2,1H3. The van der Waals surface area contributed by atoms with E-state index in [1.165, 1.54) is 12.1 Å². The fourth-order valence-corrected chi connectivity index (χ4v) is 1.76. The molecule has 2 N–H and O–H groups in total. The maximum absolute atomic E-state index is 13.0. The Morgan fingerprint density at radius 1 is 1.12 bits per heavy atom. The van der Waals surface area contributed by atoms with Gasteiger partial charge < -0.3 is 10.6 Å². The van der Waals surface area contributed by atoms with Crippen LogP contribution in [0.1, 0.15) is 0 Å². The molecule has 0 saturated heterocycles. The smallest absolute Gasteiger partial charge is 0.125 e. The van der Waals surface area contributed by atoms with Crippen LogP contribution in [0.2, 0.25) is 5.02 Å². The number of nitrogens with zero attached hydrogens (tertiary/aromatic N) is 1. The second-order valence-corrected chi connectivity index (χ2v) is 4.18. The van der Waals surface area contributed by atoms with E-state index in [4.69, 9.17) is 17.3 Å². The minimum atomic E-state index is -0.337. The monoisotopic (exact) mass is 250 g/mol. The fourth-order valence-electron chi connectivity index (χ4n) is 1.63. The van der Waals surface area contributed by atoms with E-state index in [1.54, 1.807) is 18.2 Å². The molecule has 0 amide bonds.